The van der Waals surface area contributed by atoms with Gasteiger partial charge in [0.15, 0.2) is 0 Å². The van der Waals surface area contributed by atoms with E-state index in [1.807, 2.05) is 0 Å². The van der Waals surface area contributed by atoms with Crippen molar-refractivity contribution in [3.8, 4) is 0 Å². The number of benzene rings is 1. The number of quaternary nitrogens is 1. The monoisotopic (exact) mass is 309 g/mol. The maximum absolute atomic E-state index is 12.1. The Kier molecular flexibility index (Phi) is 2.56. The van der Waals surface area contributed by atoms with E-state index in [1.165, 1.54) is 60.1 Å². The van der Waals surface area contributed by atoms with Crippen molar-refractivity contribution in [2.75, 3.05) is 25.5 Å². The average molecular weight is 309 g/mol. The predicted octanol–water partition coefficient (Wildman–Crippen LogP) is 3.08. The van der Waals surface area contributed by atoms with Gasteiger partial charge in [0.05, 0.1) is 25.6 Å². The Labute approximate surface area is 138 Å². The molecule has 2 bridgehead atoms. The summed E-state index contributed by atoms with van der Waals surface area (Å²) in [5.41, 5.74) is 5.08. The lowest BCUT2D eigenvalue weighted by atomic mass is 9.60. The van der Waals surface area contributed by atoms with Crippen LogP contribution in [0, 0.1) is 11.8 Å². The van der Waals surface area contributed by atoms with Gasteiger partial charge in [0.2, 0.25) is 0 Å². The fourth-order valence-electron chi connectivity index (χ4n) is 6.48. The number of para-hydroxylation sites is 1. The number of hydrogen-bond acceptors (Lipinski definition) is 2. The summed E-state index contributed by atoms with van der Waals surface area (Å²) in [5, 5.41) is 3.68. The quantitative estimate of drug-likeness (QED) is 0.672. The molecule has 0 aromatic heterocycles. The van der Waals surface area contributed by atoms with Crippen molar-refractivity contribution in [3.63, 3.8) is 0 Å². The molecule has 23 heavy (non-hydrogen) atoms. The van der Waals surface area contributed by atoms with Crippen molar-refractivity contribution < 1.29 is 9.28 Å². The fourth-order valence-corrected chi connectivity index (χ4v) is 6.48. The summed E-state index contributed by atoms with van der Waals surface area (Å²) >= 11 is 0. The van der Waals surface area contributed by atoms with E-state index in [0.717, 1.165) is 5.57 Å². The van der Waals surface area contributed by atoms with Crippen LogP contribution in [0.1, 0.15) is 31.7 Å². The fraction of sp³-hybridized carbons (Fsp3) is 0.550. The second-order valence-electron chi connectivity index (χ2n) is 8.25. The molecule has 0 amide bonds. The topological polar surface area (TPSA) is 29.1 Å². The van der Waals surface area contributed by atoms with E-state index in [0.29, 0.717) is 17.9 Å². The number of piperidine rings is 1. The standard InChI is InChI=1S/C20H24N2O/c1-3-13-11-22(2)9-8-20-16-6-4-5-7-17(16)21-19(20)15(12-23)14(13)10-18(20)22/h4-7,12-14,18H,3,8-11H2,1-2H3/p+1/t13-,14-,18-,20+,22?/m1/s1. The molecule has 0 saturated carbocycles. The molecule has 4 aliphatic rings. The van der Waals surface area contributed by atoms with E-state index in [1.54, 1.807) is 0 Å². The van der Waals surface area contributed by atoms with E-state index in [2.05, 4.69) is 43.6 Å². The first-order valence-corrected chi connectivity index (χ1v) is 9.04. The third kappa shape index (κ3) is 1.43. The number of carbonyl (C=O) groups is 1. The minimum Gasteiger partial charge on any atom is -0.357 e. The highest BCUT2D eigenvalue weighted by molar-refractivity contribution is 5.83. The van der Waals surface area contributed by atoms with Crippen molar-refractivity contribution in [3.05, 3.63) is 41.1 Å². The minimum absolute atomic E-state index is 0.0663. The van der Waals surface area contributed by atoms with Gasteiger partial charge in [-0.25, -0.2) is 0 Å². The van der Waals surface area contributed by atoms with Crippen molar-refractivity contribution in [2.24, 2.45) is 11.8 Å². The molecule has 3 nitrogen and oxygen atoms in total. The highest BCUT2D eigenvalue weighted by Crippen LogP contribution is 2.62. The van der Waals surface area contributed by atoms with Crippen LogP contribution in [0.3, 0.4) is 0 Å². The summed E-state index contributed by atoms with van der Waals surface area (Å²) in [4.78, 5) is 12.1. The number of nitrogens with zero attached hydrogens (tertiary/aromatic N) is 1. The Morgan fingerprint density at radius 2 is 2.22 bits per heavy atom. The first kappa shape index (κ1) is 13.8. The van der Waals surface area contributed by atoms with Gasteiger partial charge in [-0.3, -0.25) is 4.79 Å². The number of fused-ring (bicyclic) bond motifs is 2. The van der Waals surface area contributed by atoms with Gasteiger partial charge in [0.25, 0.3) is 0 Å². The number of carbonyl (C=O) groups excluding carboxylic acids is 1. The Morgan fingerprint density at radius 3 is 3.00 bits per heavy atom. The van der Waals surface area contributed by atoms with Gasteiger partial charge in [-0.15, -0.1) is 0 Å². The zero-order valence-corrected chi connectivity index (χ0v) is 14.0. The molecule has 1 unspecified atom stereocenters. The number of allylic oxidation sites excluding steroid dienone is 1. The highest BCUT2D eigenvalue weighted by atomic mass is 16.1. The van der Waals surface area contributed by atoms with E-state index < -0.39 is 0 Å². The van der Waals surface area contributed by atoms with Gasteiger partial charge >= 0.3 is 0 Å². The van der Waals surface area contributed by atoms with Crippen molar-refractivity contribution in [2.45, 2.75) is 37.6 Å². The molecule has 0 radical (unpaired) electrons. The van der Waals surface area contributed by atoms with Crippen LogP contribution in [0.5, 0.6) is 0 Å². The molecular weight excluding hydrogens is 284 g/mol. The predicted molar refractivity (Wildman–Crippen MR) is 91.0 cm³/mol. The van der Waals surface area contributed by atoms with Crippen molar-refractivity contribution >= 4 is 12.0 Å². The van der Waals surface area contributed by atoms with Crippen LogP contribution in [0.15, 0.2) is 35.5 Å². The van der Waals surface area contributed by atoms with Crippen molar-refractivity contribution in [1.82, 2.24) is 0 Å². The van der Waals surface area contributed by atoms with Gasteiger partial charge in [-0.2, -0.15) is 0 Å². The number of nitrogens with one attached hydrogen (secondary N) is 1. The summed E-state index contributed by atoms with van der Waals surface area (Å²) in [5.74, 6) is 1.10. The SMILES string of the molecule is CC[C@@H]1C[N+]2(C)CC[C@@]34C(=C(C=O)[C@@H]1C[C@H]32)Nc1ccccc14. The number of rotatable bonds is 2. The van der Waals surface area contributed by atoms with Gasteiger partial charge in [-0.05, 0) is 18.1 Å². The zero-order valence-electron chi connectivity index (χ0n) is 14.0. The lowest BCUT2D eigenvalue weighted by Crippen LogP contribution is -2.63. The molecule has 3 aliphatic heterocycles. The molecule has 1 aromatic carbocycles. The number of aldehydes is 1. The van der Waals surface area contributed by atoms with Crippen LogP contribution < -0.4 is 5.32 Å². The van der Waals surface area contributed by atoms with E-state index in [9.17, 15) is 4.79 Å². The summed E-state index contributed by atoms with van der Waals surface area (Å²) in [6, 6.07) is 9.36. The lowest BCUT2D eigenvalue weighted by molar-refractivity contribution is -0.933. The highest BCUT2D eigenvalue weighted by Gasteiger charge is 2.67. The summed E-state index contributed by atoms with van der Waals surface area (Å²) in [6.45, 7) is 4.76. The van der Waals surface area contributed by atoms with Gasteiger partial charge in [0, 0.05) is 41.6 Å². The molecular formula is C20H25N2O+. The molecule has 3 heteroatoms. The molecule has 120 valence electrons. The Morgan fingerprint density at radius 1 is 1.39 bits per heavy atom. The zero-order chi connectivity index (χ0) is 15.8. The largest absolute Gasteiger partial charge is 0.357 e. The minimum atomic E-state index is 0.0663. The van der Waals surface area contributed by atoms with E-state index >= 15 is 0 Å². The number of hydrogen-bond donors (Lipinski definition) is 1. The second kappa shape index (κ2) is 4.27. The van der Waals surface area contributed by atoms with Crippen LogP contribution in [0.4, 0.5) is 5.69 Å². The van der Waals surface area contributed by atoms with Crippen LogP contribution in [-0.4, -0.2) is 36.9 Å². The van der Waals surface area contributed by atoms with Gasteiger partial charge in [-0.1, -0.05) is 25.1 Å². The van der Waals surface area contributed by atoms with E-state index in [4.69, 9.17) is 0 Å². The normalized spacial score (nSPS) is 43.0. The van der Waals surface area contributed by atoms with Crippen LogP contribution in [-0.2, 0) is 10.2 Å². The summed E-state index contributed by atoms with van der Waals surface area (Å²) in [6.07, 6.45) is 4.71. The molecule has 3 heterocycles. The maximum Gasteiger partial charge on any atom is 0.148 e. The summed E-state index contributed by atoms with van der Waals surface area (Å²) < 4.78 is 1.20. The first-order valence-electron chi connectivity index (χ1n) is 9.04. The van der Waals surface area contributed by atoms with Crippen molar-refractivity contribution in [1.29, 1.82) is 0 Å². The molecule has 1 aliphatic carbocycles. The molecule has 1 spiro atoms. The smallest absolute Gasteiger partial charge is 0.148 e. The molecule has 2 fully saturated rings. The Hall–Kier alpha value is -1.61. The molecule has 1 N–H and O–H groups in total. The van der Waals surface area contributed by atoms with Crippen LogP contribution in [0.25, 0.3) is 0 Å². The average Bonchev–Trinajstić information content (AvgIpc) is 3.08. The maximum atomic E-state index is 12.1. The third-order valence-corrected chi connectivity index (χ3v) is 7.49. The number of anilines is 1. The van der Waals surface area contributed by atoms with Gasteiger partial charge in [0.1, 0.15) is 12.3 Å². The van der Waals surface area contributed by atoms with Crippen LogP contribution >= 0.6 is 0 Å². The Bertz CT molecular complexity index is 739. The van der Waals surface area contributed by atoms with E-state index in [-0.39, 0.29) is 5.41 Å². The van der Waals surface area contributed by atoms with Crippen LogP contribution in [0.2, 0.25) is 0 Å². The first-order chi connectivity index (χ1) is 11.1. The molecule has 5 atom stereocenters. The molecule has 1 aromatic rings. The molecule has 5 rings (SSSR count). The summed E-state index contributed by atoms with van der Waals surface area (Å²) in [7, 11) is 2.46. The van der Waals surface area contributed by atoms with Gasteiger partial charge < -0.3 is 9.80 Å². The number of likely N-dealkylation sites (N-methyl/N-ethyl adjacent to an activating group) is 1. The third-order valence-electron chi connectivity index (χ3n) is 7.49. The Balaban J connectivity index is 1.81. The lowest BCUT2D eigenvalue weighted by Gasteiger charge is -2.53. The second-order valence-corrected chi connectivity index (χ2v) is 8.25. The molecule has 2 saturated heterocycles.